The lowest BCUT2D eigenvalue weighted by Crippen LogP contribution is -2.40. The van der Waals surface area contributed by atoms with Crippen molar-refractivity contribution in [1.29, 1.82) is 0 Å². The summed E-state index contributed by atoms with van der Waals surface area (Å²) in [5.74, 6) is 0. The average Bonchev–Trinajstić information content (AvgIpc) is 2.95. The molecule has 1 aromatic carbocycles. The molecular formula is C14H18N4O2S. The summed E-state index contributed by atoms with van der Waals surface area (Å²) < 4.78 is 0. The van der Waals surface area contributed by atoms with Gasteiger partial charge in [-0.25, -0.2) is 4.79 Å². The van der Waals surface area contributed by atoms with Crippen LogP contribution in [-0.4, -0.2) is 34.0 Å². The van der Waals surface area contributed by atoms with Gasteiger partial charge in [0.15, 0.2) is 0 Å². The van der Waals surface area contributed by atoms with Gasteiger partial charge in [0.05, 0.1) is 6.54 Å². The van der Waals surface area contributed by atoms with E-state index in [0.717, 1.165) is 15.6 Å². The first-order valence-corrected chi connectivity index (χ1v) is 7.53. The van der Waals surface area contributed by atoms with Crippen molar-refractivity contribution in [3.8, 4) is 10.6 Å². The van der Waals surface area contributed by atoms with Gasteiger partial charge in [0.2, 0.25) is 0 Å². The molecule has 1 atom stereocenters. The van der Waals surface area contributed by atoms with Crippen molar-refractivity contribution >= 4 is 17.4 Å². The molecule has 0 unspecified atom stereocenters. The van der Waals surface area contributed by atoms with Gasteiger partial charge in [-0.1, -0.05) is 41.7 Å². The molecule has 2 rings (SSSR count). The van der Waals surface area contributed by atoms with E-state index < -0.39 is 0 Å². The molecule has 2 aromatic rings. The molecule has 0 fully saturated rings. The molecule has 3 N–H and O–H groups in total. The van der Waals surface area contributed by atoms with E-state index in [2.05, 4.69) is 20.8 Å². The maximum Gasteiger partial charge on any atom is 0.315 e. The summed E-state index contributed by atoms with van der Waals surface area (Å²) in [4.78, 5) is 11.6. The van der Waals surface area contributed by atoms with Crippen molar-refractivity contribution in [1.82, 2.24) is 20.8 Å². The summed E-state index contributed by atoms with van der Waals surface area (Å²) in [5.41, 5.74) is 1.02. The number of hydrogen-bond donors (Lipinski definition) is 3. The second-order valence-electron chi connectivity index (χ2n) is 4.61. The zero-order valence-electron chi connectivity index (χ0n) is 11.7. The van der Waals surface area contributed by atoms with Crippen LogP contribution in [0.25, 0.3) is 10.6 Å². The minimum atomic E-state index is -0.271. The van der Waals surface area contributed by atoms with E-state index in [0.29, 0.717) is 13.0 Å². The summed E-state index contributed by atoms with van der Waals surface area (Å²) >= 11 is 1.45. The first-order chi connectivity index (χ1) is 10.2. The molecule has 0 spiro atoms. The van der Waals surface area contributed by atoms with E-state index in [4.69, 9.17) is 5.11 Å². The van der Waals surface area contributed by atoms with Gasteiger partial charge in [-0.2, -0.15) is 0 Å². The number of aliphatic hydroxyl groups is 1. The van der Waals surface area contributed by atoms with Gasteiger partial charge in [0.25, 0.3) is 0 Å². The summed E-state index contributed by atoms with van der Waals surface area (Å²) in [6.45, 7) is 2.23. The molecule has 0 bridgehead atoms. The van der Waals surface area contributed by atoms with Crippen molar-refractivity contribution in [3.05, 3.63) is 35.3 Å². The molecule has 112 valence electrons. The molecule has 0 aliphatic rings. The van der Waals surface area contributed by atoms with Gasteiger partial charge in [0, 0.05) is 18.2 Å². The Kier molecular flexibility index (Phi) is 5.65. The summed E-state index contributed by atoms with van der Waals surface area (Å²) in [6.07, 6.45) is 0.532. The number of carbonyl (C=O) groups excluding carboxylic acids is 1. The van der Waals surface area contributed by atoms with Gasteiger partial charge in [-0.05, 0) is 13.3 Å². The summed E-state index contributed by atoms with van der Waals surface area (Å²) in [7, 11) is 0. The molecule has 0 saturated carbocycles. The van der Waals surface area contributed by atoms with Crippen molar-refractivity contribution in [2.75, 3.05) is 6.61 Å². The lowest BCUT2D eigenvalue weighted by molar-refractivity contribution is 0.230. The Bertz CT molecular complexity index is 573. The normalized spacial score (nSPS) is 11.9. The third-order valence-corrected chi connectivity index (χ3v) is 3.80. The first-order valence-electron chi connectivity index (χ1n) is 6.72. The van der Waals surface area contributed by atoms with E-state index in [9.17, 15) is 4.79 Å². The highest BCUT2D eigenvalue weighted by atomic mass is 32.1. The van der Waals surface area contributed by atoms with Crippen LogP contribution in [0.4, 0.5) is 4.79 Å². The second kappa shape index (κ2) is 7.70. The van der Waals surface area contributed by atoms with Crippen LogP contribution in [-0.2, 0) is 6.54 Å². The minimum absolute atomic E-state index is 0.0539. The lowest BCUT2D eigenvalue weighted by atomic mass is 10.2. The summed E-state index contributed by atoms with van der Waals surface area (Å²) in [5, 5.41) is 24.0. The Morgan fingerprint density at radius 3 is 2.81 bits per heavy atom. The average molecular weight is 306 g/mol. The predicted molar refractivity (Wildman–Crippen MR) is 81.9 cm³/mol. The fraction of sp³-hybridized carbons (Fsp3) is 0.357. The zero-order valence-corrected chi connectivity index (χ0v) is 12.6. The molecule has 1 aromatic heterocycles. The number of hydrogen-bond acceptors (Lipinski definition) is 5. The van der Waals surface area contributed by atoms with Crippen LogP contribution in [0.5, 0.6) is 0 Å². The topological polar surface area (TPSA) is 87.1 Å². The van der Waals surface area contributed by atoms with Gasteiger partial charge < -0.3 is 15.7 Å². The SMILES string of the molecule is C[C@H](CCO)NC(=O)NCc1nnc(-c2ccccc2)s1. The monoisotopic (exact) mass is 306 g/mol. The van der Waals surface area contributed by atoms with Gasteiger partial charge >= 0.3 is 6.03 Å². The Labute approximate surface area is 127 Å². The number of amides is 2. The van der Waals surface area contributed by atoms with Crippen LogP contribution >= 0.6 is 11.3 Å². The Morgan fingerprint density at radius 2 is 2.10 bits per heavy atom. The number of aliphatic hydroxyl groups excluding tert-OH is 1. The number of nitrogens with one attached hydrogen (secondary N) is 2. The van der Waals surface area contributed by atoms with E-state index in [1.165, 1.54) is 11.3 Å². The molecule has 21 heavy (non-hydrogen) atoms. The highest BCUT2D eigenvalue weighted by Gasteiger charge is 2.09. The second-order valence-corrected chi connectivity index (χ2v) is 5.67. The van der Waals surface area contributed by atoms with Crippen LogP contribution in [0.2, 0.25) is 0 Å². The van der Waals surface area contributed by atoms with E-state index in [-0.39, 0.29) is 18.7 Å². The number of carbonyl (C=O) groups is 1. The van der Waals surface area contributed by atoms with Gasteiger partial charge in [-0.3, -0.25) is 0 Å². The van der Waals surface area contributed by atoms with Crippen molar-refractivity contribution in [2.45, 2.75) is 25.9 Å². The molecule has 7 heteroatoms. The van der Waals surface area contributed by atoms with E-state index in [1.807, 2.05) is 37.3 Å². The molecule has 0 aliphatic carbocycles. The number of benzene rings is 1. The molecule has 2 amide bonds. The Morgan fingerprint density at radius 1 is 1.33 bits per heavy atom. The molecular weight excluding hydrogens is 288 g/mol. The molecule has 0 saturated heterocycles. The predicted octanol–water partition coefficient (Wildman–Crippen LogP) is 1.78. The van der Waals surface area contributed by atoms with Crippen molar-refractivity contribution in [3.63, 3.8) is 0 Å². The number of rotatable bonds is 6. The third-order valence-electron chi connectivity index (χ3n) is 2.83. The fourth-order valence-corrected chi connectivity index (χ4v) is 2.50. The maximum atomic E-state index is 11.6. The smallest absolute Gasteiger partial charge is 0.315 e. The largest absolute Gasteiger partial charge is 0.396 e. The Balaban J connectivity index is 1.84. The number of aromatic nitrogens is 2. The number of urea groups is 1. The van der Waals surface area contributed by atoms with Crippen LogP contribution in [0.1, 0.15) is 18.4 Å². The number of nitrogens with zero attached hydrogens (tertiary/aromatic N) is 2. The van der Waals surface area contributed by atoms with E-state index in [1.54, 1.807) is 0 Å². The van der Waals surface area contributed by atoms with Crippen LogP contribution in [0, 0.1) is 0 Å². The molecule has 0 radical (unpaired) electrons. The van der Waals surface area contributed by atoms with Gasteiger partial charge in [-0.15, -0.1) is 10.2 Å². The fourth-order valence-electron chi connectivity index (χ4n) is 1.72. The Hall–Kier alpha value is -1.99. The van der Waals surface area contributed by atoms with E-state index >= 15 is 0 Å². The third kappa shape index (κ3) is 4.80. The minimum Gasteiger partial charge on any atom is -0.396 e. The molecule has 1 heterocycles. The van der Waals surface area contributed by atoms with Crippen molar-refractivity contribution in [2.24, 2.45) is 0 Å². The zero-order chi connectivity index (χ0) is 15.1. The highest BCUT2D eigenvalue weighted by Crippen LogP contribution is 2.22. The van der Waals surface area contributed by atoms with Crippen LogP contribution < -0.4 is 10.6 Å². The maximum absolute atomic E-state index is 11.6. The van der Waals surface area contributed by atoms with Crippen LogP contribution in [0.3, 0.4) is 0 Å². The highest BCUT2D eigenvalue weighted by molar-refractivity contribution is 7.14. The molecule has 6 nitrogen and oxygen atoms in total. The lowest BCUT2D eigenvalue weighted by Gasteiger charge is -2.12. The van der Waals surface area contributed by atoms with Gasteiger partial charge in [0.1, 0.15) is 10.0 Å². The quantitative estimate of drug-likeness (QED) is 0.759. The van der Waals surface area contributed by atoms with Crippen LogP contribution in [0.15, 0.2) is 30.3 Å². The standard InChI is InChI=1S/C14H18N4O2S/c1-10(7-8-19)16-14(20)15-9-12-17-18-13(21-12)11-5-3-2-4-6-11/h2-6,10,19H,7-9H2,1H3,(H2,15,16,20)/t10-/m1/s1. The molecule has 0 aliphatic heterocycles. The first kappa shape index (κ1) is 15.4. The van der Waals surface area contributed by atoms with Crippen molar-refractivity contribution < 1.29 is 9.90 Å². The summed E-state index contributed by atoms with van der Waals surface area (Å²) in [6, 6.07) is 9.46.